The molecule has 1 aliphatic heterocycles. The number of nitrogens with one attached hydrogen (secondary N) is 3. The summed E-state index contributed by atoms with van der Waals surface area (Å²) in [6.07, 6.45) is 0.380. The van der Waals surface area contributed by atoms with Gasteiger partial charge in [-0.3, -0.25) is 15.0 Å². The number of fused-ring (bicyclic) bond motifs is 1. The number of hydrazine groups is 1. The summed E-state index contributed by atoms with van der Waals surface area (Å²) in [5, 5.41) is 28.5. The molecule has 5 amide bonds. The Balaban J connectivity index is 1.58. The summed E-state index contributed by atoms with van der Waals surface area (Å²) in [4.78, 5) is 61.8. The third-order valence-corrected chi connectivity index (χ3v) is 9.94. The van der Waals surface area contributed by atoms with E-state index >= 15 is 0 Å². The normalized spacial score (nSPS) is 16.3. The van der Waals surface area contributed by atoms with Crippen LogP contribution in [0, 0.1) is 23.2 Å². The third kappa shape index (κ3) is 11.7. The molecule has 1 saturated heterocycles. The first-order chi connectivity index (χ1) is 25.5. The molecule has 0 bridgehead atoms. The predicted molar refractivity (Wildman–Crippen MR) is 212 cm³/mol. The lowest BCUT2D eigenvalue weighted by molar-refractivity contribution is -0.133. The summed E-state index contributed by atoms with van der Waals surface area (Å²) in [5.41, 5.74) is 3.94. The molecule has 302 valence electrons. The Morgan fingerprint density at radius 2 is 1.55 bits per heavy atom. The van der Waals surface area contributed by atoms with Gasteiger partial charge >= 0.3 is 12.1 Å². The smallest absolute Gasteiger partial charge is 0.405 e. The van der Waals surface area contributed by atoms with Gasteiger partial charge < -0.3 is 35.0 Å². The van der Waals surface area contributed by atoms with E-state index in [0.29, 0.717) is 32.6 Å². The molecule has 1 aromatic carbocycles. The number of aromatic nitrogens is 2. The molecular formula is C41H62N8O6. The number of imidazole rings is 1. The second-order valence-electron chi connectivity index (χ2n) is 18.1. The minimum absolute atomic E-state index is 0.0574. The van der Waals surface area contributed by atoms with Gasteiger partial charge in [-0.2, -0.15) is 0 Å². The highest BCUT2D eigenvalue weighted by atomic mass is 16.4. The maximum Gasteiger partial charge on any atom is 0.405 e. The summed E-state index contributed by atoms with van der Waals surface area (Å²) < 4.78 is 1.99. The van der Waals surface area contributed by atoms with Crippen LogP contribution in [0.3, 0.4) is 0 Å². The van der Waals surface area contributed by atoms with E-state index in [0.717, 1.165) is 22.6 Å². The van der Waals surface area contributed by atoms with E-state index in [2.05, 4.69) is 36.8 Å². The SMILES string of the molecule is Cc1nc(CN2CCN([C@H](C(=O)N[C@@H](Cc3ccccc3)[C@@H](O)CN(CCC(C)(C)C)NC(=O)[C@@H](NC(=O)O)C(C)(C)C)C(C)(C)C)C2=O)c2ccccn12. The first-order valence-corrected chi connectivity index (χ1v) is 19.1. The van der Waals surface area contributed by atoms with Gasteiger partial charge in [-0.25, -0.2) is 19.6 Å². The maximum absolute atomic E-state index is 14.5. The Bertz CT molecular complexity index is 1790. The molecule has 14 nitrogen and oxygen atoms in total. The van der Waals surface area contributed by atoms with Crippen LogP contribution in [0.15, 0.2) is 54.7 Å². The molecule has 0 spiro atoms. The number of pyridine rings is 1. The van der Waals surface area contributed by atoms with E-state index in [1.807, 2.05) is 86.8 Å². The van der Waals surface area contributed by atoms with E-state index < -0.39 is 53.0 Å². The van der Waals surface area contributed by atoms with Crippen LogP contribution in [-0.4, -0.2) is 109 Å². The van der Waals surface area contributed by atoms with E-state index in [9.17, 15) is 29.4 Å². The number of carboxylic acid groups (broad SMARTS) is 1. The number of aliphatic hydroxyl groups excluding tert-OH is 1. The molecule has 4 atom stereocenters. The molecule has 0 aliphatic carbocycles. The van der Waals surface area contributed by atoms with E-state index in [4.69, 9.17) is 4.98 Å². The molecule has 55 heavy (non-hydrogen) atoms. The number of hydrogen-bond acceptors (Lipinski definition) is 7. The molecule has 0 radical (unpaired) electrons. The first kappa shape index (κ1) is 43.0. The Kier molecular flexibility index (Phi) is 13.6. The van der Waals surface area contributed by atoms with Gasteiger partial charge in [-0.15, -0.1) is 0 Å². The molecule has 3 aromatic rings. The zero-order valence-electron chi connectivity index (χ0n) is 34.2. The Morgan fingerprint density at radius 3 is 2.15 bits per heavy atom. The molecule has 3 heterocycles. The number of urea groups is 1. The predicted octanol–water partition coefficient (Wildman–Crippen LogP) is 4.84. The fraction of sp³-hybridized carbons (Fsp3) is 0.585. The second-order valence-corrected chi connectivity index (χ2v) is 18.1. The molecule has 0 saturated carbocycles. The minimum atomic E-state index is -1.32. The lowest BCUT2D eigenvalue weighted by Gasteiger charge is -2.38. The fourth-order valence-electron chi connectivity index (χ4n) is 7.00. The summed E-state index contributed by atoms with van der Waals surface area (Å²) in [7, 11) is 0. The van der Waals surface area contributed by atoms with Crippen molar-refractivity contribution in [3.63, 3.8) is 0 Å². The fourth-order valence-corrected chi connectivity index (χ4v) is 7.00. The Hall–Kier alpha value is -4.69. The molecule has 1 fully saturated rings. The largest absolute Gasteiger partial charge is 0.465 e. The van der Waals surface area contributed by atoms with Gasteiger partial charge in [0.2, 0.25) is 5.91 Å². The van der Waals surface area contributed by atoms with Crippen LogP contribution in [0.2, 0.25) is 0 Å². The van der Waals surface area contributed by atoms with Crippen molar-refractivity contribution in [3.8, 4) is 0 Å². The molecule has 1 aliphatic rings. The molecule has 14 heteroatoms. The van der Waals surface area contributed by atoms with Crippen LogP contribution < -0.4 is 16.1 Å². The first-order valence-electron chi connectivity index (χ1n) is 19.1. The average molecular weight is 763 g/mol. The monoisotopic (exact) mass is 762 g/mol. The highest BCUT2D eigenvalue weighted by molar-refractivity contribution is 5.89. The van der Waals surface area contributed by atoms with Crippen LogP contribution in [-0.2, 0) is 22.6 Å². The molecule has 5 N–H and O–H groups in total. The van der Waals surface area contributed by atoms with Crippen LogP contribution >= 0.6 is 0 Å². The summed E-state index contributed by atoms with van der Waals surface area (Å²) in [6, 6.07) is 12.4. The summed E-state index contributed by atoms with van der Waals surface area (Å²) in [5.74, 6) is -0.121. The van der Waals surface area contributed by atoms with Gasteiger partial charge in [0.05, 0.1) is 29.9 Å². The number of aryl methyl sites for hydroxylation is 1. The van der Waals surface area contributed by atoms with Crippen LogP contribution in [0.4, 0.5) is 9.59 Å². The van der Waals surface area contributed by atoms with Crippen molar-refractivity contribution in [3.05, 3.63) is 71.8 Å². The van der Waals surface area contributed by atoms with E-state index in [1.165, 1.54) is 0 Å². The van der Waals surface area contributed by atoms with E-state index in [1.54, 1.807) is 35.6 Å². The van der Waals surface area contributed by atoms with Gasteiger partial charge in [0.25, 0.3) is 5.91 Å². The number of amides is 5. The highest BCUT2D eigenvalue weighted by Gasteiger charge is 2.44. The van der Waals surface area contributed by atoms with E-state index in [-0.39, 0.29) is 24.4 Å². The van der Waals surface area contributed by atoms with Crippen molar-refractivity contribution in [1.82, 2.24) is 40.3 Å². The number of carbonyl (C=O) groups is 4. The standard InChI is InChI=1S/C41H62N8O6/c1-27-42-30(31-18-14-15-20-48(27)31)25-46-22-23-49(38(46)55)34(41(8,9)10)36(52)43-29(24-28-16-12-11-13-17-28)32(50)26-47(21-19-39(2,3)4)45-35(51)33(40(5,6)7)44-37(53)54/h11-18,20,29,32-34,44,50H,19,21-26H2,1-10H3,(H,43,52)(H,45,51)(H,53,54)/t29-,32-,33+,34+/m0/s1. The topological polar surface area (TPSA) is 172 Å². The van der Waals surface area contributed by atoms with Crippen molar-refractivity contribution in [2.75, 3.05) is 26.2 Å². The number of aliphatic hydroxyl groups is 1. The quantitative estimate of drug-likeness (QED) is 0.137. The summed E-state index contributed by atoms with van der Waals surface area (Å²) >= 11 is 0. The van der Waals surface area contributed by atoms with Crippen molar-refractivity contribution in [2.45, 2.75) is 113 Å². The van der Waals surface area contributed by atoms with Gasteiger partial charge in [0, 0.05) is 32.4 Å². The average Bonchev–Trinajstić information content (AvgIpc) is 3.59. The van der Waals surface area contributed by atoms with Crippen molar-refractivity contribution < 1.29 is 29.4 Å². The number of benzene rings is 1. The second kappa shape index (κ2) is 17.4. The van der Waals surface area contributed by atoms with Crippen molar-refractivity contribution in [2.24, 2.45) is 16.2 Å². The highest BCUT2D eigenvalue weighted by Crippen LogP contribution is 2.30. The molecule has 0 unspecified atom stereocenters. The van der Waals surface area contributed by atoms with Gasteiger partial charge in [0.1, 0.15) is 17.9 Å². The molecule has 4 rings (SSSR count). The molecule has 2 aromatic heterocycles. The Morgan fingerprint density at radius 1 is 0.891 bits per heavy atom. The van der Waals surface area contributed by atoms with Crippen molar-refractivity contribution >= 4 is 29.5 Å². The number of hydrogen-bond donors (Lipinski definition) is 5. The number of carbonyl (C=O) groups excluding carboxylic acids is 3. The summed E-state index contributed by atoms with van der Waals surface area (Å²) in [6.45, 7) is 20.6. The molecular weight excluding hydrogens is 701 g/mol. The van der Waals surface area contributed by atoms with Gasteiger partial charge in [0.15, 0.2) is 0 Å². The lowest BCUT2D eigenvalue weighted by Crippen LogP contribution is -2.61. The zero-order valence-corrected chi connectivity index (χ0v) is 34.2. The zero-order chi connectivity index (χ0) is 40.9. The number of nitrogens with zero attached hydrogens (tertiary/aromatic N) is 5. The Labute approximate surface area is 325 Å². The van der Waals surface area contributed by atoms with Crippen LogP contribution in [0.25, 0.3) is 5.52 Å². The van der Waals surface area contributed by atoms with Gasteiger partial charge in [-0.1, -0.05) is 98.7 Å². The number of rotatable bonds is 15. The third-order valence-electron chi connectivity index (χ3n) is 9.94. The van der Waals surface area contributed by atoms with Crippen LogP contribution in [0.5, 0.6) is 0 Å². The van der Waals surface area contributed by atoms with Crippen molar-refractivity contribution in [1.29, 1.82) is 0 Å². The maximum atomic E-state index is 14.5. The lowest BCUT2D eigenvalue weighted by atomic mass is 9.84. The van der Waals surface area contributed by atoms with Crippen LogP contribution in [0.1, 0.15) is 85.8 Å². The minimum Gasteiger partial charge on any atom is -0.465 e. The van der Waals surface area contributed by atoms with Gasteiger partial charge in [-0.05, 0) is 53.7 Å².